The fraction of sp³-hybridized carbons (Fsp3) is 0.438. The number of fused-ring (bicyclic) bond motifs is 6. The third-order valence-corrected chi connectivity index (χ3v) is 8.04. The van der Waals surface area contributed by atoms with Gasteiger partial charge in [-0.3, -0.25) is 0 Å². The second kappa shape index (κ2) is 12.1. The standard InChI is InChI=1S/C32H35NO8/c34-19(17-38-25-11-5-13-27-29(25)21-7-1-3-9-23(21)31(36)40-27)15-33-16-20(35)18-39-26-12-6-14-28-30(26)22-8-2-4-10-24(22)32(37)41-28/h5-6,11-14,19-20,33-35H,1-4,7-10,15-18H2. The van der Waals surface area contributed by atoms with Crippen molar-refractivity contribution in [1.82, 2.24) is 5.32 Å². The summed E-state index contributed by atoms with van der Waals surface area (Å²) in [5, 5.41) is 25.7. The predicted octanol–water partition coefficient (Wildman–Crippen LogP) is 3.43. The summed E-state index contributed by atoms with van der Waals surface area (Å²) in [6.45, 7) is 0.502. The molecule has 0 saturated heterocycles. The van der Waals surface area contributed by atoms with Crippen LogP contribution in [-0.2, 0) is 25.7 Å². The van der Waals surface area contributed by atoms with E-state index in [9.17, 15) is 19.8 Å². The average molecular weight is 562 g/mol. The molecule has 0 radical (unpaired) electrons. The Labute approximate surface area is 236 Å². The number of hydrogen-bond acceptors (Lipinski definition) is 9. The van der Waals surface area contributed by atoms with Crippen molar-refractivity contribution in [3.05, 3.63) is 79.5 Å². The lowest BCUT2D eigenvalue weighted by Gasteiger charge is -2.20. The lowest BCUT2D eigenvalue weighted by Crippen LogP contribution is -2.37. The molecule has 41 heavy (non-hydrogen) atoms. The van der Waals surface area contributed by atoms with E-state index in [4.69, 9.17) is 18.3 Å². The van der Waals surface area contributed by atoms with Crippen molar-refractivity contribution in [3.63, 3.8) is 0 Å². The molecule has 4 aromatic rings. The summed E-state index contributed by atoms with van der Waals surface area (Å²) in [7, 11) is 0. The summed E-state index contributed by atoms with van der Waals surface area (Å²) in [5.74, 6) is 1.18. The minimum atomic E-state index is -0.822. The molecule has 2 atom stereocenters. The van der Waals surface area contributed by atoms with Crippen molar-refractivity contribution >= 4 is 21.9 Å². The van der Waals surface area contributed by atoms with Crippen molar-refractivity contribution in [3.8, 4) is 11.5 Å². The summed E-state index contributed by atoms with van der Waals surface area (Å²) < 4.78 is 23.0. The highest BCUT2D eigenvalue weighted by Crippen LogP contribution is 2.34. The van der Waals surface area contributed by atoms with Gasteiger partial charge < -0.3 is 33.8 Å². The molecule has 2 unspecified atom stereocenters. The van der Waals surface area contributed by atoms with Crippen molar-refractivity contribution in [2.75, 3.05) is 26.3 Å². The molecule has 0 saturated carbocycles. The molecule has 0 fully saturated rings. The molecule has 0 spiro atoms. The molecule has 2 aliphatic carbocycles. The average Bonchev–Trinajstić information content (AvgIpc) is 2.99. The van der Waals surface area contributed by atoms with Gasteiger partial charge in [0.2, 0.25) is 0 Å². The first-order valence-corrected chi connectivity index (χ1v) is 14.5. The van der Waals surface area contributed by atoms with Crippen LogP contribution in [0.2, 0.25) is 0 Å². The lowest BCUT2D eigenvalue weighted by atomic mass is 9.90. The second-order valence-corrected chi connectivity index (χ2v) is 11.0. The zero-order chi connectivity index (χ0) is 28.3. The lowest BCUT2D eigenvalue weighted by molar-refractivity contribution is 0.0864. The maximum Gasteiger partial charge on any atom is 0.339 e. The number of aliphatic hydroxyl groups excluding tert-OH is 2. The highest BCUT2D eigenvalue weighted by molar-refractivity contribution is 5.88. The largest absolute Gasteiger partial charge is 0.490 e. The van der Waals surface area contributed by atoms with Gasteiger partial charge in [-0.2, -0.15) is 0 Å². The molecule has 0 bridgehead atoms. The van der Waals surface area contributed by atoms with Crippen LogP contribution in [-0.4, -0.2) is 48.7 Å². The first-order chi connectivity index (χ1) is 20.0. The van der Waals surface area contributed by atoms with Crippen molar-refractivity contribution in [1.29, 1.82) is 0 Å². The minimum absolute atomic E-state index is 0.0406. The maximum atomic E-state index is 12.4. The van der Waals surface area contributed by atoms with Gasteiger partial charge in [0.15, 0.2) is 0 Å². The molecule has 2 aromatic carbocycles. The van der Waals surface area contributed by atoms with E-state index in [1.165, 1.54) is 0 Å². The van der Waals surface area contributed by atoms with E-state index in [0.717, 1.165) is 71.6 Å². The smallest absolute Gasteiger partial charge is 0.339 e. The molecule has 0 aliphatic heterocycles. The summed E-state index contributed by atoms with van der Waals surface area (Å²) >= 11 is 0. The number of rotatable bonds is 10. The number of nitrogens with one attached hydrogen (secondary N) is 1. The van der Waals surface area contributed by atoms with Crippen molar-refractivity contribution < 1.29 is 28.5 Å². The van der Waals surface area contributed by atoms with Gasteiger partial charge in [-0.15, -0.1) is 0 Å². The Morgan fingerprint density at radius 1 is 0.659 bits per heavy atom. The van der Waals surface area contributed by atoms with Gasteiger partial charge in [0.05, 0.1) is 10.8 Å². The molecule has 2 heterocycles. The number of aliphatic hydroxyl groups is 2. The number of benzene rings is 2. The molecule has 6 rings (SSSR count). The topological polar surface area (TPSA) is 131 Å². The number of aryl methyl sites for hydroxylation is 2. The molecule has 0 amide bonds. The Morgan fingerprint density at radius 2 is 1.07 bits per heavy atom. The third-order valence-electron chi connectivity index (χ3n) is 8.04. The van der Waals surface area contributed by atoms with Gasteiger partial charge in [-0.25, -0.2) is 9.59 Å². The van der Waals surface area contributed by atoms with E-state index < -0.39 is 12.2 Å². The molecule has 3 N–H and O–H groups in total. The van der Waals surface area contributed by atoms with Gasteiger partial charge in [0.25, 0.3) is 0 Å². The van der Waals surface area contributed by atoms with Crippen LogP contribution in [0.5, 0.6) is 11.5 Å². The van der Waals surface area contributed by atoms with Crippen LogP contribution in [0.4, 0.5) is 0 Å². The zero-order valence-electron chi connectivity index (χ0n) is 22.9. The fourth-order valence-electron chi connectivity index (χ4n) is 6.07. The van der Waals surface area contributed by atoms with E-state index >= 15 is 0 Å². The molecular formula is C32H35NO8. The SMILES string of the molecule is O=c1oc2cccc(OCC(O)CNCC(O)COc3cccc4oc(=O)c5c(c34)CCCC5)c2c2c1CCCC2. The van der Waals surface area contributed by atoms with Crippen molar-refractivity contribution in [2.45, 2.75) is 63.6 Å². The fourth-order valence-corrected chi connectivity index (χ4v) is 6.07. The number of ether oxygens (including phenoxy) is 2. The zero-order valence-corrected chi connectivity index (χ0v) is 22.9. The highest BCUT2D eigenvalue weighted by Gasteiger charge is 2.22. The van der Waals surface area contributed by atoms with E-state index in [2.05, 4.69) is 5.32 Å². The molecule has 216 valence electrons. The van der Waals surface area contributed by atoms with Crippen LogP contribution in [0.3, 0.4) is 0 Å². The van der Waals surface area contributed by atoms with Crippen LogP contribution < -0.4 is 26.0 Å². The Hall–Kier alpha value is -3.66. The summed E-state index contributed by atoms with van der Waals surface area (Å²) in [4.78, 5) is 24.8. The Bertz CT molecular complexity index is 1550. The van der Waals surface area contributed by atoms with Crippen LogP contribution in [0.25, 0.3) is 21.9 Å². The second-order valence-electron chi connectivity index (χ2n) is 11.0. The van der Waals surface area contributed by atoms with Crippen LogP contribution in [0.15, 0.2) is 54.8 Å². The molecule has 2 aliphatic rings. The van der Waals surface area contributed by atoms with Crippen LogP contribution in [0, 0.1) is 0 Å². The van der Waals surface area contributed by atoms with Crippen LogP contribution >= 0.6 is 0 Å². The van der Waals surface area contributed by atoms with Gasteiger partial charge in [0, 0.05) is 24.2 Å². The maximum absolute atomic E-state index is 12.4. The van der Waals surface area contributed by atoms with Gasteiger partial charge in [-0.05, 0) is 86.8 Å². The normalized spacial score (nSPS) is 16.2. The third kappa shape index (κ3) is 5.75. The van der Waals surface area contributed by atoms with E-state index in [0.29, 0.717) is 35.5 Å². The molecule has 9 heteroatoms. The predicted molar refractivity (Wildman–Crippen MR) is 154 cm³/mol. The summed E-state index contributed by atoms with van der Waals surface area (Å²) in [6.07, 6.45) is 5.34. The van der Waals surface area contributed by atoms with Crippen molar-refractivity contribution in [2.24, 2.45) is 0 Å². The summed E-state index contributed by atoms with van der Waals surface area (Å²) in [5.41, 5.74) is 3.88. The van der Waals surface area contributed by atoms with Crippen LogP contribution in [0.1, 0.15) is 47.9 Å². The number of hydrogen-bond donors (Lipinski definition) is 3. The molecular weight excluding hydrogens is 526 g/mol. The first kappa shape index (κ1) is 27.5. The summed E-state index contributed by atoms with van der Waals surface area (Å²) in [6, 6.07) is 10.7. The van der Waals surface area contributed by atoms with E-state index in [1.54, 1.807) is 24.3 Å². The quantitative estimate of drug-likeness (QED) is 0.249. The Morgan fingerprint density at radius 3 is 1.51 bits per heavy atom. The first-order valence-electron chi connectivity index (χ1n) is 14.5. The monoisotopic (exact) mass is 561 g/mol. The minimum Gasteiger partial charge on any atom is -0.490 e. The Balaban J connectivity index is 1.03. The molecule has 9 nitrogen and oxygen atoms in total. The van der Waals surface area contributed by atoms with Gasteiger partial charge in [0.1, 0.15) is 48.1 Å². The van der Waals surface area contributed by atoms with E-state index in [1.807, 2.05) is 12.1 Å². The Kier molecular flexibility index (Phi) is 8.09. The van der Waals surface area contributed by atoms with Gasteiger partial charge >= 0.3 is 11.3 Å². The molecule has 2 aromatic heterocycles. The van der Waals surface area contributed by atoms with E-state index in [-0.39, 0.29) is 37.6 Å². The highest BCUT2D eigenvalue weighted by atomic mass is 16.5. The van der Waals surface area contributed by atoms with Gasteiger partial charge in [-0.1, -0.05) is 12.1 Å².